The Balaban J connectivity index is 1.47. The average Bonchev–Trinajstić information content (AvgIpc) is 3.14. The van der Waals surface area contributed by atoms with E-state index in [4.69, 9.17) is 11.6 Å². The molecule has 0 aliphatic carbocycles. The van der Waals surface area contributed by atoms with Crippen molar-refractivity contribution < 1.29 is 9.59 Å². The highest BCUT2D eigenvalue weighted by molar-refractivity contribution is 7.12. The Morgan fingerprint density at radius 3 is 2.58 bits per heavy atom. The number of halogens is 1. The highest BCUT2D eigenvalue weighted by Gasteiger charge is 2.21. The van der Waals surface area contributed by atoms with E-state index in [1.807, 2.05) is 35.7 Å². The number of carbonyl (C=O) groups is 2. The lowest BCUT2D eigenvalue weighted by Crippen LogP contribution is -2.51. The number of hydrogen-bond donors (Lipinski definition) is 1. The van der Waals surface area contributed by atoms with Crippen molar-refractivity contribution in [3.8, 4) is 0 Å². The lowest BCUT2D eigenvalue weighted by atomic mass is 10.2. The lowest BCUT2D eigenvalue weighted by molar-refractivity contribution is -0.130. The van der Waals surface area contributed by atoms with E-state index >= 15 is 0 Å². The zero-order chi connectivity index (χ0) is 16.9. The summed E-state index contributed by atoms with van der Waals surface area (Å²) in [6, 6.07) is 11.3. The Bertz CT molecular complexity index is 712. The maximum Gasteiger partial charge on any atom is 0.261 e. The predicted octanol–water partition coefficient (Wildman–Crippen LogP) is 2.48. The first-order valence-electron chi connectivity index (χ1n) is 7.73. The van der Waals surface area contributed by atoms with Crippen molar-refractivity contribution in [1.82, 2.24) is 10.2 Å². The summed E-state index contributed by atoms with van der Waals surface area (Å²) in [5, 5.41) is 5.23. The Kier molecular flexibility index (Phi) is 5.37. The first kappa shape index (κ1) is 16.8. The SMILES string of the molecule is O=C(NCC(=O)N1CCN(c2cccc(Cl)c2)CC1)c1cccs1. The van der Waals surface area contributed by atoms with E-state index in [1.54, 1.807) is 11.0 Å². The molecule has 2 amide bonds. The number of thiophene rings is 1. The van der Waals surface area contributed by atoms with Crippen molar-refractivity contribution in [2.24, 2.45) is 0 Å². The summed E-state index contributed by atoms with van der Waals surface area (Å²) < 4.78 is 0. The van der Waals surface area contributed by atoms with Crippen molar-refractivity contribution in [3.05, 3.63) is 51.7 Å². The van der Waals surface area contributed by atoms with Crippen molar-refractivity contribution in [2.45, 2.75) is 0 Å². The number of piperazine rings is 1. The third kappa shape index (κ3) is 4.07. The van der Waals surface area contributed by atoms with E-state index in [-0.39, 0.29) is 18.4 Å². The van der Waals surface area contributed by atoms with Gasteiger partial charge in [-0.3, -0.25) is 9.59 Å². The summed E-state index contributed by atoms with van der Waals surface area (Å²) >= 11 is 7.39. The molecule has 3 rings (SSSR count). The van der Waals surface area contributed by atoms with Crippen LogP contribution >= 0.6 is 22.9 Å². The smallest absolute Gasteiger partial charge is 0.261 e. The summed E-state index contributed by atoms with van der Waals surface area (Å²) in [5.41, 5.74) is 1.07. The van der Waals surface area contributed by atoms with E-state index in [9.17, 15) is 9.59 Å². The standard InChI is InChI=1S/C17H18ClN3O2S/c18-13-3-1-4-14(11-13)20-6-8-21(9-7-20)16(22)12-19-17(23)15-5-2-10-24-15/h1-5,10-11H,6-9,12H2,(H,19,23). The second-order valence-corrected chi connectivity index (χ2v) is 6.89. The van der Waals surface area contributed by atoms with Gasteiger partial charge in [0.15, 0.2) is 0 Å². The normalized spacial score (nSPS) is 14.5. The van der Waals surface area contributed by atoms with E-state index in [1.165, 1.54) is 11.3 Å². The molecular weight excluding hydrogens is 346 g/mol. The van der Waals surface area contributed by atoms with Crippen LogP contribution in [0.4, 0.5) is 5.69 Å². The molecule has 24 heavy (non-hydrogen) atoms. The van der Waals surface area contributed by atoms with E-state index in [0.29, 0.717) is 23.0 Å². The second-order valence-electron chi connectivity index (χ2n) is 5.51. The van der Waals surface area contributed by atoms with Crippen LogP contribution in [0.5, 0.6) is 0 Å². The predicted molar refractivity (Wildman–Crippen MR) is 96.9 cm³/mol. The number of benzene rings is 1. The summed E-state index contributed by atoms with van der Waals surface area (Å²) in [7, 11) is 0. The van der Waals surface area contributed by atoms with Gasteiger partial charge in [0.2, 0.25) is 5.91 Å². The van der Waals surface area contributed by atoms with E-state index in [2.05, 4.69) is 10.2 Å². The minimum absolute atomic E-state index is 0.0356. The zero-order valence-corrected chi connectivity index (χ0v) is 14.6. The van der Waals surface area contributed by atoms with E-state index in [0.717, 1.165) is 18.8 Å². The first-order chi connectivity index (χ1) is 11.6. The minimum Gasteiger partial charge on any atom is -0.368 e. The Morgan fingerprint density at radius 2 is 1.92 bits per heavy atom. The third-order valence-electron chi connectivity index (χ3n) is 3.95. The maximum atomic E-state index is 12.2. The van der Waals surface area contributed by atoms with Crippen LogP contribution in [-0.2, 0) is 4.79 Å². The fourth-order valence-electron chi connectivity index (χ4n) is 2.65. The quantitative estimate of drug-likeness (QED) is 0.908. The van der Waals surface area contributed by atoms with Gasteiger partial charge in [-0.25, -0.2) is 0 Å². The molecule has 0 bridgehead atoms. The molecular formula is C17H18ClN3O2S. The molecule has 1 aliphatic heterocycles. The van der Waals surface area contributed by atoms with Gasteiger partial charge in [-0.2, -0.15) is 0 Å². The van der Waals surface area contributed by atoms with Gasteiger partial charge in [-0.05, 0) is 29.6 Å². The van der Waals surface area contributed by atoms with E-state index < -0.39 is 0 Å². The summed E-state index contributed by atoms with van der Waals surface area (Å²) in [6.45, 7) is 2.82. The molecule has 5 nitrogen and oxygen atoms in total. The molecule has 0 unspecified atom stereocenters. The van der Waals surface area contributed by atoms with Gasteiger partial charge in [0.1, 0.15) is 0 Å². The van der Waals surface area contributed by atoms with Crippen molar-refractivity contribution in [2.75, 3.05) is 37.6 Å². The Morgan fingerprint density at radius 1 is 1.12 bits per heavy atom. The van der Waals surface area contributed by atoms with Crippen molar-refractivity contribution in [3.63, 3.8) is 0 Å². The van der Waals surface area contributed by atoms with Crippen LogP contribution in [-0.4, -0.2) is 49.4 Å². The molecule has 0 spiro atoms. The number of nitrogens with one attached hydrogen (secondary N) is 1. The van der Waals surface area contributed by atoms with Gasteiger partial charge in [0.25, 0.3) is 5.91 Å². The molecule has 1 aromatic carbocycles. The highest BCUT2D eigenvalue weighted by atomic mass is 35.5. The van der Waals surface area contributed by atoms with Gasteiger partial charge in [-0.15, -0.1) is 11.3 Å². The van der Waals surface area contributed by atoms with Crippen molar-refractivity contribution in [1.29, 1.82) is 0 Å². The topological polar surface area (TPSA) is 52.7 Å². The molecule has 2 aromatic rings. The molecule has 1 N–H and O–H groups in total. The molecule has 126 valence electrons. The maximum absolute atomic E-state index is 12.2. The van der Waals surface area contributed by atoms with Crippen LogP contribution < -0.4 is 10.2 Å². The second kappa shape index (κ2) is 7.68. The number of amides is 2. The average molecular weight is 364 g/mol. The largest absolute Gasteiger partial charge is 0.368 e. The van der Waals surface area contributed by atoms with Crippen LogP contribution in [0.1, 0.15) is 9.67 Å². The van der Waals surface area contributed by atoms with Gasteiger partial charge in [0.05, 0.1) is 11.4 Å². The highest BCUT2D eigenvalue weighted by Crippen LogP contribution is 2.20. The van der Waals surface area contributed by atoms with Crippen molar-refractivity contribution >= 4 is 40.4 Å². The van der Waals surface area contributed by atoms with Crippen LogP contribution in [0.2, 0.25) is 5.02 Å². The monoisotopic (exact) mass is 363 g/mol. The van der Waals surface area contributed by atoms with Crippen LogP contribution in [0.25, 0.3) is 0 Å². The number of anilines is 1. The third-order valence-corrected chi connectivity index (χ3v) is 5.05. The van der Waals surface area contributed by atoms with Crippen LogP contribution in [0.3, 0.4) is 0 Å². The van der Waals surface area contributed by atoms with Gasteiger partial charge in [-0.1, -0.05) is 23.7 Å². The molecule has 0 radical (unpaired) electrons. The molecule has 1 aromatic heterocycles. The fourth-order valence-corrected chi connectivity index (χ4v) is 3.47. The van der Waals surface area contributed by atoms with Gasteiger partial charge < -0.3 is 15.1 Å². The molecule has 1 saturated heterocycles. The van der Waals surface area contributed by atoms with Gasteiger partial charge in [0, 0.05) is 36.9 Å². The van der Waals surface area contributed by atoms with Gasteiger partial charge >= 0.3 is 0 Å². The summed E-state index contributed by atoms with van der Waals surface area (Å²) in [5.74, 6) is -0.249. The summed E-state index contributed by atoms with van der Waals surface area (Å²) in [4.78, 5) is 28.7. The van der Waals surface area contributed by atoms with Crippen LogP contribution in [0.15, 0.2) is 41.8 Å². The Hall–Kier alpha value is -2.05. The zero-order valence-electron chi connectivity index (χ0n) is 13.1. The molecule has 0 atom stereocenters. The summed E-state index contributed by atoms with van der Waals surface area (Å²) in [6.07, 6.45) is 0. The molecule has 2 heterocycles. The molecule has 1 fully saturated rings. The number of carbonyl (C=O) groups excluding carboxylic acids is 2. The minimum atomic E-state index is -0.198. The molecule has 1 aliphatic rings. The molecule has 0 saturated carbocycles. The molecule has 7 heteroatoms. The number of rotatable bonds is 4. The Labute approximate surface area is 149 Å². The number of nitrogens with zero attached hydrogens (tertiary/aromatic N) is 2. The van der Waals surface area contributed by atoms with Crippen LogP contribution in [0, 0.1) is 0 Å². The first-order valence-corrected chi connectivity index (χ1v) is 8.99. The fraction of sp³-hybridized carbons (Fsp3) is 0.294. The lowest BCUT2D eigenvalue weighted by Gasteiger charge is -2.36. The number of hydrogen-bond acceptors (Lipinski definition) is 4.